The third-order valence-corrected chi connectivity index (χ3v) is 3.24. The number of carbonyl (C=O) groups is 1. The molecule has 0 aliphatic rings. The number of amides is 1. The number of halogens is 2. The average molecular weight is 317 g/mol. The highest BCUT2D eigenvalue weighted by atomic mass is 79.9. The predicted octanol–water partition coefficient (Wildman–Crippen LogP) is 3.05. The number of hydrogen-bond donors (Lipinski definition) is 1. The SMILES string of the molecule is Cc1nnc(NC(=O)c2cccc(Br)c2Cl)o1. The molecule has 0 aliphatic carbocycles. The van der Waals surface area contributed by atoms with E-state index in [1.807, 2.05) is 0 Å². The van der Waals surface area contributed by atoms with Gasteiger partial charge in [-0.3, -0.25) is 10.1 Å². The first kappa shape index (κ1) is 12.1. The van der Waals surface area contributed by atoms with Gasteiger partial charge in [-0.15, -0.1) is 5.10 Å². The lowest BCUT2D eigenvalue weighted by Crippen LogP contribution is -2.12. The van der Waals surface area contributed by atoms with Crippen LogP contribution in [0.2, 0.25) is 5.02 Å². The normalized spacial score (nSPS) is 10.3. The lowest BCUT2D eigenvalue weighted by atomic mass is 10.2. The second kappa shape index (κ2) is 4.85. The van der Waals surface area contributed by atoms with Crippen molar-refractivity contribution in [3.8, 4) is 0 Å². The van der Waals surface area contributed by atoms with Gasteiger partial charge in [0.1, 0.15) is 0 Å². The second-order valence-corrected chi connectivity index (χ2v) is 4.41. The molecule has 17 heavy (non-hydrogen) atoms. The molecule has 1 N–H and O–H groups in total. The molecule has 0 bridgehead atoms. The van der Waals surface area contributed by atoms with E-state index >= 15 is 0 Å². The number of hydrogen-bond acceptors (Lipinski definition) is 4. The van der Waals surface area contributed by atoms with Crippen LogP contribution in [0.3, 0.4) is 0 Å². The molecule has 1 amide bonds. The number of anilines is 1. The van der Waals surface area contributed by atoms with Crippen LogP contribution in [-0.2, 0) is 0 Å². The maximum Gasteiger partial charge on any atom is 0.322 e. The van der Waals surface area contributed by atoms with E-state index in [0.717, 1.165) is 0 Å². The standard InChI is InChI=1S/C10H7BrClN3O2/c1-5-14-15-10(17-5)13-9(16)6-3-2-4-7(11)8(6)12/h2-4H,1H3,(H,13,15,16). The minimum absolute atomic E-state index is 0.0449. The van der Waals surface area contributed by atoms with E-state index in [1.54, 1.807) is 25.1 Å². The molecular formula is C10H7BrClN3O2. The molecule has 1 heterocycles. The number of rotatable bonds is 2. The minimum atomic E-state index is -0.403. The van der Waals surface area contributed by atoms with Gasteiger partial charge >= 0.3 is 6.01 Å². The van der Waals surface area contributed by atoms with E-state index in [4.69, 9.17) is 16.0 Å². The Morgan fingerprint density at radius 2 is 2.24 bits per heavy atom. The van der Waals surface area contributed by atoms with Crippen molar-refractivity contribution < 1.29 is 9.21 Å². The summed E-state index contributed by atoms with van der Waals surface area (Å²) in [6.45, 7) is 1.63. The molecule has 0 radical (unpaired) electrons. The highest BCUT2D eigenvalue weighted by Gasteiger charge is 2.14. The maximum atomic E-state index is 11.9. The van der Waals surface area contributed by atoms with Crippen molar-refractivity contribution in [2.75, 3.05) is 5.32 Å². The summed E-state index contributed by atoms with van der Waals surface area (Å²) in [6, 6.07) is 5.11. The van der Waals surface area contributed by atoms with Gasteiger partial charge in [0.25, 0.3) is 5.91 Å². The van der Waals surface area contributed by atoms with Crippen LogP contribution in [0.15, 0.2) is 27.1 Å². The van der Waals surface area contributed by atoms with Crippen LogP contribution in [0.25, 0.3) is 0 Å². The Labute approximate surface area is 110 Å². The first-order valence-electron chi connectivity index (χ1n) is 4.63. The molecule has 0 unspecified atom stereocenters. The summed E-state index contributed by atoms with van der Waals surface area (Å²) < 4.78 is 5.68. The molecule has 2 rings (SSSR count). The number of benzene rings is 1. The molecule has 0 saturated carbocycles. The number of carbonyl (C=O) groups excluding carboxylic acids is 1. The van der Waals surface area contributed by atoms with Gasteiger partial charge in [0.15, 0.2) is 0 Å². The van der Waals surface area contributed by atoms with Gasteiger partial charge in [0.2, 0.25) is 5.89 Å². The van der Waals surface area contributed by atoms with Gasteiger partial charge < -0.3 is 4.42 Å². The highest BCUT2D eigenvalue weighted by molar-refractivity contribution is 9.10. The lowest BCUT2D eigenvalue weighted by Gasteiger charge is -2.04. The van der Waals surface area contributed by atoms with Gasteiger partial charge in [-0.25, -0.2) is 0 Å². The summed E-state index contributed by atoms with van der Waals surface area (Å²) in [5, 5.41) is 10.1. The fraction of sp³-hybridized carbons (Fsp3) is 0.100. The number of nitrogens with one attached hydrogen (secondary N) is 1. The van der Waals surface area contributed by atoms with E-state index in [2.05, 4.69) is 31.4 Å². The van der Waals surface area contributed by atoms with E-state index in [9.17, 15) is 4.79 Å². The van der Waals surface area contributed by atoms with Crippen LogP contribution in [0.1, 0.15) is 16.2 Å². The van der Waals surface area contributed by atoms with Crippen molar-refractivity contribution in [3.63, 3.8) is 0 Å². The molecule has 5 nitrogen and oxygen atoms in total. The summed E-state index contributed by atoms with van der Waals surface area (Å²) in [7, 11) is 0. The minimum Gasteiger partial charge on any atom is -0.408 e. The molecule has 2 aromatic rings. The third kappa shape index (κ3) is 2.65. The van der Waals surface area contributed by atoms with E-state index in [0.29, 0.717) is 20.9 Å². The van der Waals surface area contributed by atoms with E-state index in [1.165, 1.54) is 0 Å². The van der Waals surface area contributed by atoms with Crippen LogP contribution >= 0.6 is 27.5 Å². The second-order valence-electron chi connectivity index (χ2n) is 3.18. The molecule has 0 atom stereocenters. The quantitative estimate of drug-likeness (QED) is 0.924. The van der Waals surface area contributed by atoms with Gasteiger partial charge in [-0.05, 0) is 28.1 Å². The van der Waals surface area contributed by atoms with Crippen molar-refractivity contribution in [3.05, 3.63) is 39.1 Å². The molecule has 1 aromatic heterocycles. The van der Waals surface area contributed by atoms with Gasteiger partial charge in [0.05, 0.1) is 10.6 Å². The van der Waals surface area contributed by atoms with E-state index in [-0.39, 0.29) is 6.01 Å². The average Bonchev–Trinajstić information content (AvgIpc) is 2.68. The van der Waals surface area contributed by atoms with Gasteiger partial charge in [0, 0.05) is 11.4 Å². The molecule has 88 valence electrons. The molecule has 1 aromatic carbocycles. The topological polar surface area (TPSA) is 68.0 Å². The van der Waals surface area contributed by atoms with Crippen LogP contribution in [0.5, 0.6) is 0 Å². The number of aryl methyl sites for hydroxylation is 1. The molecule has 0 saturated heterocycles. The Morgan fingerprint density at radius 3 is 2.88 bits per heavy atom. The van der Waals surface area contributed by atoms with Gasteiger partial charge in [-0.1, -0.05) is 22.8 Å². The van der Waals surface area contributed by atoms with Crippen molar-refractivity contribution in [1.82, 2.24) is 10.2 Å². The third-order valence-electron chi connectivity index (χ3n) is 1.94. The zero-order valence-electron chi connectivity index (χ0n) is 8.70. The molecule has 0 spiro atoms. The van der Waals surface area contributed by atoms with Crippen molar-refractivity contribution in [1.29, 1.82) is 0 Å². The summed E-state index contributed by atoms with van der Waals surface area (Å²) in [6.07, 6.45) is 0. The molecule has 0 aliphatic heterocycles. The largest absolute Gasteiger partial charge is 0.408 e. The zero-order chi connectivity index (χ0) is 12.4. The maximum absolute atomic E-state index is 11.9. The Balaban J connectivity index is 2.23. The summed E-state index contributed by atoms with van der Waals surface area (Å²) >= 11 is 9.23. The molecule has 0 fully saturated rings. The Bertz CT molecular complexity index is 570. The summed E-state index contributed by atoms with van der Waals surface area (Å²) in [5.41, 5.74) is 0.330. The molecule has 7 heteroatoms. The first-order chi connectivity index (χ1) is 8.08. The Morgan fingerprint density at radius 1 is 1.47 bits per heavy atom. The van der Waals surface area contributed by atoms with Gasteiger partial charge in [-0.2, -0.15) is 0 Å². The zero-order valence-corrected chi connectivity index (χ0v) is 11.0. The van der Waals surface area contributed by atoms with Crippen LogP contribution in [-0.4, -0.2) is 16.1 Å². The van der Waals surface area contributed by atoms with Crippen LogP contribution in [0, 0.1) is 6.92 Å². The van der Waals surface area contributed by atoms with Crippen LogP contribution < -0.4 is 5.32 Å². The van der Waals surface area contributed by atoms with Crippen LogP contribution in [0.4, 0.5) is 6.01 Å². The molecular weight excluding hydrogens is 309 g/mol. The Kier molecular flexibility index (Phi) is 3.44. The number of nitrogens with zero attached hydrogens (tertiary/aromatic N) is 2. The van der Waals surface area contributed by atoms with Crippen molar-refractivity contribution >= 4 is 39.5 Å². The first-order valence-corrected chi connectivity index (χ1v) is 5.80. The predicted molar refractivity (Wildman–Crippen MR) is 66.1 cm³/mol. The monoisotopic (exact) mass is 315 g/mol. The summed E-state index contributed by atoms with van der Waals surface area (Å²) in [4.78, 5) is 11.9. The fourth-order valence-corrected chi connectivity index (χ4v) is 1.77. The summed E-state index contributed by atoms with van der Waals surface area (Å²) in [5.74, 6) is -0.0272. The van der Waals surface area contributed by atoms with Crippen molar-refractivity contribution in [2.24, 2.45) is 0 Å². The lowest BCUT2D eigenvalue weighted by molar-refractivity contribution is 0.102. The Hall–Kier alpha value is -1.40. The van der Waals surface area contributed by atoms with Crippen molar-refractivity contribution in [2.45, 2.75) is 6.92 Å². The number of aromatic nitrogens is 2. The smallest absolute Gasteiger partial charge is 0.322 e. The fourth-order valence-electron chi connectivity index (χ4n) is 1.19. The van der Waals surface area contributed by atoms with E-state index < -0.39 is 5.91 Å². The highest BCUT2D eigenvalue weighted by Crippen LogP contribution is 2.26.